The van der Waals surface area contributed by atoms with E-state index in [-0.39, 0.29) is 24.2 Å². The molecule has 1 atom stereocenters. The first kappa shape index (κ1) is 23.2. The largest absolute Gasteiger partial charge is 0.326 e. The van der Waals surface area contributed by atoms with E-state index in [0.29, 0.717) is 16.8 Å². The molecule has 1 aliphatic rings. The summed E-state index contributed by atoms with van der Waals surface area (Å²) in [6.45, 7) is 6.97. The molecule has 0 unspecified atom stereocenters. The fourth-order valence-electron chi connectivity index (χ4n) is 3.59. The lowest BCUT2D eigenvalue weighted by molar-refractivity contribution is -0.130. The third-order valence-corrected chi connectivity index (χ3v) is 5.65. The van der Waals surface area contributed by atoms with Gasteiger partial charge in [0.15, 0.2) is 5.78 Å². The number of urea groups is 1. The molecule has 4 amide bonds. The number of benzene rings is 2. The lowest BCUT2D eigenvalue weighted by Gasteiger charge is -2.22. The maximum absolute atomic E-state index is 13.1. The van der Waals surface area contributed by atoms with Crippen molar-refractivity contribution in [2.45, 2.75) is 46.1 Å². The Morgan fingerprint density at radius 3 is 2.22 bits per heavy atom. The number of aryl methyl sites for hydroxylation is 1. The zero-order valence-electron chi connectivity index (χ0n) is 18.9. The molecule has 2 N–H and O–H groups in total. The lowest BCUT2D eigenvalue weighted by Crippen LogP contribution is -2.41. The van der Waals surface area contributed by atoms with Crippen LogP contribution in [-0.4, -0.2) is 35.1 Å². The van der Waals surface area contributed by atoms with Gasteiger partial charge in [-0.2, -0.15) is 0 Å². The van der Waals surface area contributed by atoms with Crippen LogP contribution >= 0.6 is 0 Å². The molecule has 168 valence electrons. The first-order valence-electron chi connectivity index (χ1n) is 10.8. The third kappa shape index (κ3) is 4.72. The number of hydrogen-bond acceptors (Lipinski definition) is 4. The zero-order valence-corrected chi connectivity index (χ0v) is 18.9. The number of anilines is 1. The van der Waals surface area contributed by atoms with Crippen LogP contribution < -0.4 is 10.6 Å². The highest BCUT2D eigenvalue weighted by Gasteiger charge is 2.49. The van der Waals surface area contributed by atoms with Crippen molar-refractivity contribution in [2.75, 3.05) is 11.9 Å². The molecule has 1 heterocycles. The van der Waals surface area contributed by atoms with Crippen LogP contribution in [0.3, 0.4) is 0 Å². The number of carbonyl (C=O) groups is 4. The second kappa shape index (κ2) is 9.34. The molecule has 7 nitrogen and oxygen atoms in total. The van der Waals surface area contributed by atoms with Crippen molar-refractivity contribution in [1.29, 1.82) is 0 Å². The molecule has 1 fully saturated rings. The fourth-order valence-corrected chi connectivity index (χ4v) is 3.59. The number of nitrogens with one attached hydrogen (secondary N) is 2. The maximum Gasteiger partial charge on any atom is 0.325 e. The van der Waals surface area contributed by atoms with E-state index in [2.05, 4.69) is 17.6 Å². The summed E-state index contributed by atoms with van der Waals surface area (Å²) in [6.07, 6.45) is 1.96. The number of nitrogens with zero attached hydrogens (tertiary/aromatic N) is 1. The Bertz CT molecular complexity index is 1030. The van der Waals surface area contributed by atoms with E-state index in [1.165, 1.54) is 0 Å². The second-order valence-corrected chi connectivity index (χ2v) is 8.54. The molecule has 2 aromatic carbocycles. The van der Waals surface area contributed by atoms with Crippen molar-refractivity contribution < 1.29 is 19.2 Å². The number of carbonyl (C=O) groups excluding carboxylic acids is 4. The molecule has 1 aliphatic heterocycles. The number of ketones is 1. The molecule has 0 spiro atoms. The summed E-state index contributed by atoms with van der Waals surface area (Å²) in [7, 11) is 0. The van der Waals surface area contributed by atoms with Crippen molar-refractivity contribution in [3.8, 4) is 0 Å². The highest BCUT2D eigenvalue weighted by atomic mass is 16.2. The molecule has 1 saturated heterocycles. The van der Waals surface area contributed by atoms with E-state index in [4.69, 9.17) is 0 Å². The van der Waals surface area contributed by atoms with Gasteiger partial charge in [0.2, 0.25) is 5.91 Å². The summed E-state index contributed by atoms with van der Waals surface area (Å²) >= 11 is 0. The minimum atomic E-state index is -1.22. The second-order valence-electron chi connectivity index (χ2n) is 8.54. The first-order chi connectivity index (χ1) is 15.2. The summed E-state index contributed by atoms with van der Waals surface area (Å²) in [5.74, 6) is -1.10. The molecule has 7 heteroatoms. The normalized spacial score (nSPS) is 18.1. The number of amides is 4. The molecule has 2 aromatic rings. The van der Waals surface area contributed by atoms with Crippen molar-refractivity contribution in [1.82, 2.24) is 10.2 Å². The van der Waals surface area contributed by atoms with Gasteiger partial charge >= 0.3 is 6.03 Å². The standard InChI is InChI=1S/C25H29N3O4/c1-5-6-17-7-11-19(12-8-17)25(4)23(31)28(24(32)27-25)15-21(29)18-9-13-20(14-10-18)26-22(30)16(2)3/h7-14,16H,5-6,15H2,1-4H3,(H,26,30)(H,27,32)/t25-/m1/s1. The highest BCUT2D eigenvalue weighted by Crippen LogP contribution is 2.29. The SMILES string of the molecule is CCCc1ccc([C@@]2(C)NC(=O)N(CC(=O)c3ccc(NC(=O)C(C)C)cc3)C2=O)cc1. The smallest absolute Gasteiger partial charge is 0.325 e. The van der Waals surface area contributed by atoms with Gasteiger partial charge in [-0.3, -0.25) is 19.3 Å². The van der Waals surface area contributed by atoms with Crippen LogP contribution in [0.25, 0.3) is 0 Å². The van der Waals surface area contributed by atoms with E-state index in [0.717, 1.165) is 23.3 Å². The monoisotopic (exact) mass is 435 g/mol. The summed E-state index contributed by atoms with van der Waals surface area (Å²) in [5.41, 5.74) is 1.56. The van der Waals surface area contributed by atoms with Crippen molar-refractivity contribution >= 4 is 29.3 Å². The Balaban J connectivity index is 1.71. The van der Waals surface area contributed by atoms with Crippen LogP contribution in [-0.2, 0) is 21.5 Å². The molecule has 0 radical (unpaired) electrons. The molecule has 0 aliphatic carbocycles. The Morgan fingerprint density at radius 1 is 1.03 bits per heavy atom. The molecular formula is C25H29N3O4. The fraction of sp³-hybridized carbons (Fsp3) is 0.360. The molecule has 32 heavy (non-hydrogen) atoms. The van der Waals surface area contributed by atoms with Crippen LogP contribution in [0.15, 0.2) is 48.5 Å². The van der Waals surface area contributed by atoms with E-state index in [9.17, 15) is 19.2 Å². The van der Waals surface area contributed by atoms with Crippen LogP contribution in [0.5, 0.6) is 0 Å². The van der Waals surface area contributed by atoms with Crippen LogP contribution in [0.2, 0.25) is 0 Å². The van der Waals surface area contributed by atoms with Gasteiger partial charge in [-0.25, -0.2) is 4.79 Å². The molecule has 0 bridgehead atoms. The molecule has 0 saturated carbocycles. The van der Waals surface area contributed by atoms with Crippen molar-refractivity contribution in [3.63, 3.8) is 0 Å². The maximum atomic E-state index is 13.1. The Hall–Kier alpha value is -3.48. The predicted molar refractivity (Wildman–Crippen MR) is 122 cm³/mol. The van der Waals surface area contributed by atoms with Gasteiger partial charge in [0.25, 0.3) is 5.91 Å². The summed E-state index contributed by atoms with van der Waals surface area (Å²) in [4.78, 5) is 51.1. The van der Waals surface area contributed by atoms with Crippen LogP contribution in [0, 0.1) is 5.92 Å². The van der Waals surface area contributed by atoms with Crippen LogP contribution in [0.1, 0.15) is 55.6 Å². The van der Waals surface area contributed by atoms with Gasteiger partial charge in [0.05, 0.1) is 6.54 Å². The van der Waals surface area contributed by atoms with Gasteiger partial charge in [-0.15, -0.1) is 0 Å². The number of rotatable bonds is 8. The number of Topliss-reactive ketones (excluding diaryl/α,β-unsaturated/α-hetero) is 1. The van der Waals surface area contributed by atoms with Crippen molar-refractivity contribution in [2.24, 2.45) is 5.92 Å². The van der Waals surface area contributed by atoms with E-state index in [1.807, 2.05) is 24.3 Å². The average Bonchev–Trinajstić information content (AvgIpc) is 2.98. The predicted octanol–water partition coefficient (Wildman–Crippen LogP) is 3.88. The third-order valence-electron chi connectivity index (χ3n) is 5.65. The Kier molecular flexibility index (Phi) is 6.77. The Labute approximate surface area is 188 Å². The first-order valence-corrected chi connectivity index (χ1v) is 10.8. The molecular weight excluding hydrogens is 406 g/mol. The van der Waals surface area contributed by atoms with Gasteiger partial charge in [0, 0.05) is 17.2 Å². The average molecular weight is 436 g/mol. The van der Waals surface area contributed by atoms with Gasteiger partial charge in [-0.1, -0.05) is 51.5 Å². The van der Waals surface area contributed by atoms with Gasteiger partial charge in [-0.05, 0) is 48.7 Å². The highest BCUT2D eigenvalue weighted by molar-refractivity contribution is 6.11. The quantitative estimate of drug-likeness (QED) is 0.486. The molecule has 3 rings (SSSR count). The van der Waals surface area contributed by atoms with Crippen LogP contribution in [0.4, 0.5) is 10.5 Å². The summed E-state index contributed by atoms with van der Waals surface area (Å²) in [5, 5.41) is 5.49. The number of hydrogen-bond donors (Lipinski definition) is 2. The topological polar surface area (TPSA) is 95.6 Å². The molecule has 0 aromatic heterocycles. The van der Waals surface area contributed by atoms with E-state index < -0.39 is 17.5 Å². The minimum Gasteiger partial charge on any atom is -0.326 e. The Morgan fingerprint density at radius 2 is 1.66 bits per heavy atom. The van der Waals surface area contributed by atoms with E-state index in [1.54, 1.807) is 45.0 Å². The number of imide groups is 1. The lowest BCUT2D eigenvalue weighted by atomic mass is 9.91. The summed E-state index contributed by atoms with van der Waals surface area (Å²) < 4.78 is 0. The minimum absolute atomic E-state index is 0.120. The summed E-state index contributed by atoms with van der Waals surface area (Å²) in [6, 6.07) is 13.4. The van der Waals surface area contributed by atoms with E-state index >= 15 is 0 Å². The van der Waals surface area contributed by atoms with Crippen molar-refractivity contribution in [3.05, 3.63) is 65.2 Å². The zero-order chi connectivity index (χ0) is 23.5. The van der Waals surface area contributed by atoms with Gasteiger partial charge in [0.1, 0.15) is 5.54 Å². The van der Waals surface area contributed by atoms with Gasteiger partial charge < -0.3 is 10.6 Å².